The molecule has 0 aliphatic carbocycles. The van der Waals surface area contributed by atoms with E-state index in [1.54, 1.807) is 7.05 Å². The minimum absolute atomic E-state index is 0.0880. The highest BCUT2D eigenvalue weighted by Gasteiger charge is 2.19. The summed E-state index contributed by atoms with van der Waals surface area (Å²) in [5, 5.41) is 5.93. The predicted octanol–water partition coefficient (Wildman–Crippen LogP) is -0.580. The van der Waals surface area contributed by atoms with Gasteiger partial charge in [-0.1, -0.05) is 5.92 Å². The van der Waals surface area contributed by atoms with Crippen molar-refractivity contribution in [2.24, 2.45) is 0 Å². The molecule has 0 aromatic carbocycles. The Morgan fingerprint density at radius 2 is 2.20 bits per heavy atom. The molecular formula is C11H19N3O. The second-order valence-corrected chi connectivity index (χ2v) is 3.81. The number of likely N-dealkylation sites (N-methyl/N-ethyl adjacent to an activating group) is 1. The molecule has 2 N–H and O–H groups in total. The summed E-state index contributed by atoms with van der Waals surface area (Å²) in [5.41, 5.74) is 0. The fraction of sp³-hybridized carbons (Fsp3) is 0.727. The number of hydrogen-bond donors (Lipinski definition) is 2. The van der Waals surface area contributed by atoms with Crippen LogP contribution in [0.5, 0.6) is 0 Å². The minimum atomic E-state index is 0.0880. The Kier molecular flexibility index (Phi) is 5.16. The van der Waals surface area contributed by atoms with E-state index in [4.69, 9.17) is 6.42 Å². The van der Waals surface area contributed by atoms with Gasteiger partial charge in [-0.25, -0.2) is 0 Å². The van der Waals surface area contributed by atoms with Gasteiger partial charge in [-0.3, -0.25) is 9.69 Å². The lowest BCUT2D eigenvalue weighted by Crippen LogP contribution is -2.45. The van der Waals surface area contributed by atoms with E-state index in [0.29, 0.717) is 19.1 Å². The fourth-order valence-electron chi connectivity index (χ4n) is 1.78. The predicted molar refractivity (Wildman–Crippen MR) is 60.4 cm³/mol. The molecule has 1 aliphatic heterocycles. The lowest BCUT2D eigenvalue weighted by atomic mass is 10.1. The SMILES string of the molecule is C#CCNC1CCN(CC(=O)NC)CC1. The third-order valence-electron chi connectivity index (χ3n) is 2.73. The van der Waals surface area contributed by atoms with Crippen LogP contribution < -0.4 is 10.6 Å². The van der Waals surface area contributed by atoms with Gasteiger partial charge in [0.2, 0.25) is 5.91 Å². The summed E-state index contributed by atoms with van der Waals surface area (Å²) in [4.78, 5) is 13.3. The van der Waals surface area contributed by atoms with Crippen LogP contribution in [0.25, 0.3) is 0 Å². The molecular weight excluding hydrogens is 190 g/mol. The van der Waals surface area contributed by atoms with E-state index >= 15 is 0 Å². The average Bonchev–Trinajstić information content (AvgIpc) is 2.28. The van der Waals surface area contributed by atoms with Gasteiger partial charge in [0.15, 0.2) is 0 Å². The number of carbonyl (C=O) groups is 1. The van der Waals surface area contributed by atoms with Gasteiger partial charge in [0.1, 0.15) is 0 Å². The Morgan fingerprint density at radius 3 is 2.73 bits per heavy atom. The van der Waals surface area contributed by atoms with E-state index in [2.05, 4.69) is 21.5 Å². The van der Waals surface area contributed by atoms with E-state index in [0.717, 1.165) is 25.9 Å². The van der Waals surface area contributed by atoms with Crippen LogP contribution in [-0.2, 0) is 4.79 Å². The molecule has 0 aromatic heterocycles. The molecule has 1 heterocycles. The van der Waals surface area contributed by atoms with E-state index in [1.165, 1.54) is 0 Å². The summed E-state index contributed by atoms with van der Waals surface area (Å²) in [6.07, 6.45) is 7.32. The molecule has 0 unspecified atom stereocenters. The van der Waals surface area contributed by atoms with Crippen molar-refractivity contribution in [1.82, 2.24) is 15.5 Å². The van der Waals surface area contributed by atoms with Crippen molar-refractivity contribution >= 4 is 5.91 Å². The molecule has 4 nitrogen and oxygen atoms in total. The zero-order valence-corrected chi connectivity index (χ0v) is 9.25. The number of terminal acetylenes is 1. The molecule has 84 valence electrons. The number of likely N-dealkylation sites (tertiary alicyclic amines) is 1. The van der Waals surface area contributed by atoms with Crippen molar-refractivity contribution in [2.45, 2.75) is 18.9 Å². The highest BCUT2D eigenvalue weighted by atomic mass is 16.1. The smallest absolute Gasteiger partial charge is 0.233 e. The van der Waals surface area contributed by atoms with Crippen molar-refractivity contribution in [2.75, 3.05) is 33.2 Å². The number of amides is 1. The van der Waals surface area contributed by atoms with Crippen LogP contribution in [0, 0.1) is 12.3 Å². The summed E-state index contributed by atoms with van der Waals surface area (Å²) in [6, 6.07) is 0.516. The number of carbonyl (C=O) groups excluding carboxylic acids is 1. The van der Waals surface area contributed by atoms with Crippen molar-refractivity contribution in [3.05, 3.63) is 0 Å². The van der Waals surface area contributed by atoms with E-state index in [1.807, 2.05) is 0 Å². The first-order chi connectivity index (χ1) is 7.26. The third kappa shape index (κ3) is 4.32. The molecule has 0 spiro atoms. The van der Waals surface area contributed by atoms with E-state index in [9.17, 15) is 4.79 Å². The van der Waals surface area contributed by atoms with E-state index in [-0.39, 0.29) is 5.91 Å². The van der Waals surface area contributed by atoms with Gasteiger partial charge in [-0.15, -0.1) is 6.42 Å². The van der Waals surface area contributed by atoms with Crippen molar-refractivity contribution in [1.29, 1.82) is 0 Å². The molecule has 0 aromatic rings. The molecule has 15 heavy (non-hydrogen) atoms. The topological polar surface area (TPSA) is 44.4 Å². The maximum absolute atomic E-state index is 11.1. The number of rotatable bonds is 4. The molecule has 0 saturated carbocycles. The van der Waals surface area contributed by atoms with Crippen LogP contribution in [0.15, 0.2) is 0 Å². The molecule has 1 aliphatic rings. The summed E-state index contributed by atoms with van der Waals surface area (Å²) in [7, 11) is 1.67. The average molecular weight is 209 g/mol. The Morgan fingerprint density at radius 1 is 1.53 bits per heavy atom. The fourth-order valence-corrected chi connectivity index (χ4v) is 1.78. The lowest BCUT2D eigenvalue weighted by molar-refractivity contribution is -0.122. The first-order valence-corrected chi connectivity index (χ1v) is 5.36. The summed E-state index contributed by atoms with van der Waals surface area (Å²) in [6.45, 7) is 3.09. The van der Waals surface area contributed by atoms with Gasteiger partial charge in [-0.2, -0.15) is 0 Å². The monoisotopic (exact) mass is 209 g/mol. The standard InChI is InChI=1S/C11H19N3O/c1-3-6-13-10-4-7-14(8-5-10)9-11(15)12-2/h1,10,13H,4-9H2,2H3,(H,12,15). The minimum Gasteiger partial charge on any atom is -0.358 e. The molecule has 1 rings (SSSR count). The van der Waals surface area contributed by atoms with Crippen molar-refractivity contribution < 1.29 is 4.79 Å². The highest BCUT2D eigenvalue weighted by molar-refractivity contribution is 5.77. The van der Waals surface area contributed by atoms with Gasteiger partial charge < -0.3 is 10.6 Å². The number of piperidine rings is 1. The van der Waals surface area contributed by atoms with Crippen LogP contribution in [0.2, 0.25) is 0 Å². The lowest BCUT2D eigenvalue weighted by Gasteiger charge is -2.31. The Bertz CT molecular complexity index is 239. The first kappa shape index (κ1) is 12.0. The van der Waals surface area contributed by atoms with Gasteiger partial charge in [0.25, 0.3) is 0 Å². The second-order valence-electron chi connectivity index (χ2n) is 3.81. The summed E-state index contributed by atoms with van der Waals surface area (Å²) in [5.74, 6) is 2.67. The van der Waals surface area contributed by atoms with Gasteiger partial charge >= 0.3 is 0 Å². The molecule has 0 bridgehead atoms. The molecule has 1 saturated heterocycles. The normalized spacial score (nSPS) is 18.4. The Labute approximate surface area is 91.4 Å². The third-order valence-corrected chi connectivity index (χ3v) is 2.73. The molecule has 1 amide bonds. The van der Waals surface area contributed by atoms with E-state index < -0.39 is 0 Å². The van der Waals surface area contributed by atoms with Crippen LogP contribution in [0.1, 0.15) is 12.8 Å². The maximum atomic E-state index is 11.1. The molecule has 0 radical (unpaired) electrons. The number of hydrogen-bond acceptors (Lipinski definition) is 3. The van der Waals surface area contributed by atoms with Crippen molar-refractivity contribution in [3.8, 4) is 12.3 Å². The maximum Gasteiger partial charge on any atom is 0.233 e. The molecule has 4 heteroatoms. The number of nitrogens with one attached hydrogen (secondary N) is 2. The molecule has 1 fully saturated rings. The van der Waals surface area contributed by atoms with Gasteiger partial charge in [0.05, 0.1) is 13.1 Å². The largest absolute Gasteiger partial charge is 0.358 e. The Hall–Kier alpha value is -1.05. The van der Waals surface area contributed by atoms with Crippen LogP contribution >= 0.6 is 0 Å². The van der Waals surface area contributed by atoms with Crippen LogP contribution in [0.3, 0.4) is 0 Å². The number of nitrogens with zero attached hydrogens (tertiary/aromatic N) is 1. The van der Waals surface area contributed by atoms with Crippen LogP contribution in [-0.4, -0.2) is 50.1 Å². The summed E-state index contributed by atoms with van der Waals surface area (Å²) >= 11 is 0. The van der Waals surface area contributed by atoms with Gasteiger partial charge in [-0.05, 0) is 12.8 Å². The zero-order valence-electron chi connectivity index (χ0n) is 9.25. The quantitative estimate of drug-likeness (QED) is 0.609. The summed E-state index contributed by atoms with van der Waals surface area (Å²) < 4.78 is 0. The van der Waals surface area contributed by atoms with Gasteiger partial charge in [0, 0.05) is 26.2 Å². The highest BCUT2D eigenvalue weighted by Crippen LogP contribution is 2.09. The van der Waals surface area contributed by atoms with Crippen molar-refractivity contribution in [3.63, 3.8) is 0 Å². The Balaban J connectivity index is 2.18. The van der Waals surface area contributed by atoms with Crippen LogP contribution in [0.4, 0.5) is 0 Å². The molecule has 0 atom stereocenters. The second kappa shape index (κ2) is 6.44. The zero-order chi connectivity index (χ0) is 11.1. The first-order valence-electron chi connectivity index (χ1n) is 5.36.